The van der Waals surface area contributed by atoms with E-state index in [1.807, 2.05) is 0 Å². The fraction of sp³-hybridized carbons (Fsp3) is 0.700. The van der Waals surface area contributed by atoms with Crippen LogP contribution in [-0.4, -0.2) is 35.5 Å². The van der Waals surface area contributed by atoms with E-state index < -0.39 is 9.84 Å². The van der Waals surface area contributed by atoms with Crippen molar-refractivity contribution in [3.8, 4) is 0 Å². The van der Waals surface area contributed by atoms with Crippen molar-refractivity contribution in [2.45, 2.75) is 30.7 Å². The molecule has 0 aromatic carbocycles. The summed E-state index contributed by atoms with van der Waals surface area (Å²) in [5.74, 6) is 2.01. The Balaban J connectivity index is 2.15. The Bertz CT molecular complexity index is 496. The predicted octanol–water partition coefficient (Wildman–Crippen LogP) is 1.33. The molecular formula is C10H17N3O2S2. The molecule has 1 saturated heterocycles. The van der Waals surface area contributed by atoms with Crippen molar-refractivity contribution < 1.29 is 8.42 Å². The van der Waals surface area contributed by atoms with Gasteiger partial charge in [0, 0.05) is 0 Å². The quantitative estimate of drug-likeness (QED) is 0.839. The molecule has 1 aromatic heterocycles. The number of aromatic nitrogens is 2. The van der Waals surface area contributed by atoms with Gasteiger partial charge in [-0.25, -0.2) is 13.1 Å². The maximum Gasteiger partial charge on any atom is 0.152 e. The highest BCUT2D eigenvalue weighted by molar-refractivity contribution is 7.99. The molecule has 1 fully saturated rings. The van der Waals surface area contributed by atoms with Crippen LogP contribution in [0.5, 0.6) is 0 Å². The van der Waals surface area contributed by atoms with Crippen LogP contribution in [-0.2, 0) is 9.84 Å². The number of sulfone groups is 1. The molecule has 1 aromatic rings. The van der Waals surface area contributed by atoms with Gasteiger partial charge in [0.2, 0.25) is 0 Å². The molecule has 17 heavy (non-hydrogen) atoms. The number of hydrogen-bond donors (Lipinski definition) is 1. The average Bonchev–Trinajstić information content (AvgIpc) is 2.79. The second kappa shape index (κ2) is 4.89. The lowest BCUT2D eigenvalue weighted by molar-refractivity contribution is 0.506. The van der Waals surface area contributed by atoms with Gasteiger partial charge in [-0.3, -0.25) is 0 Å². The number of nitrogens with two attached hydrogens (primary N) is 1. The predicted molar refractivity (Wildman–Crippen MR) is 70.0 cm³/mol. The molecule has 1 unspecified atom stereocenters. The van der Waals surface area contributed by atoms with Gasteiger partial charge in [-0.1, -0.05) is 6.92 Å². The van der Waals surface area contributed by atoms with Crippen molar-refractivity contribution in [3.05, 3.63) is 6.20 Å². The van der Waals surface area contributed by atoms with E-state index in [4.69, 9.17) is 5.73 Å². The lowest BCUT2D eigenvalue weighted by atomic mass is 10.3. The highest BCUT2D eigenvalue weighted by atomic mass is 32.2. The van der Waals surface area contributed by atoms with Gasteiger partial charge in [0.05, 0.1) is 28.6 Å². The number of hydrogen-bond acceptors (Lipinski definition) is 5. The number of thioether (sulfide) groups is 1. The Morgan fingerprint density at radius 2 is 2.41 bits per heavy atom. The molecule has 96 valence electrons. The topological polar surface area (TPSA) is 78.0 Å². The molecule has 7 heteroatoms. The van der Waals surface area contributed by atoms with E-state index in [2.05, 4.69) is 12.0 Å². The number of anilines is 1. The van der Waals surface area contributed by atoms with E-state index in [1.54, 1.807) is 22.6 Å². The first-order valence-corrected chi connectivity index (χ1v) is 8.50. The van der Waals surface area contributed by atoms with E-state index >= 15 is 0 Å². The Kier molecular flexibility index (Phi) is 3.67. The number of nitrogens with zero attached hydrogens (tertiary/aromatic N) is 2. The maximum atomic E-state index is 11.4. The molecule has 1 aliphatic rings. The normalized spacial score (nSPS) is 23.0. The highest BCUT2D eigenvalue weighted by Gasteiger charge is 2.31. The molecule has 1 atom stereocenters. The van der Waals surface area contributed by atoms with Crippen molar-refractivity contribution >= 4 is 27.4 Å². The Labute approximate surface area is 106 Å². The lowest BCUT2D eigenvalue weighted by Gasteiger charge is -2.10. The van der Waals surface area contributed by atoms with Gasteiger partial charge < -0.3 is 5.73 Å². The average molecular weight is 275 g/mol. The van der Waals surface area contributed by atoms with Gasteiger partial charge in [0.1, 0.15) is 5.82 Å². The van der Waals surface area contributed by atoms with Crippen LogP contribution in [0.4, 0.5) is 5.82 Å². The lowest BCUT2D eigenvalue weighted by Crippen LogP contribution is -2.14. The zero-order valence-electron chi connectivity index (χ0n) is 9.80. The van der Waals surface area contributed by atoms with Gasteiger partial charge in [-0.2, -0.15) is 5.10 Å². The smallest absolute Gasteiger partial charge is 0.152 e. The van der Waals surface area contributed by atoms with Crippen molar-refractivity contribution in [1.29, 1.82) is 0 Å². The summed E-state index contributed by atoms with van der Waals surface area (Å²) in [7, 11) is -2.89. The molecule has 0 amide bonds. The minimum Gasteiger partial charge on any atom is -0.383 e. The van der Waals surface area contributed by atoms with Crippen molar-refractivity contribution in [3.63, 3.8) is 0 Å². The van der Waals surface area contributed by atoms with Crippen LogP contribution in [0.25, 0.3) is 0 Å². The van der Waals surface area contributed by atoms with Crippen LogP contribution < -0.4 is 5.73 Å². The fourth-order valence-electron chi connectivity index (χ4n) is 1.94. The third kappa shape index (κ3) is 2.77. The molecule has 2 heterocycles. The molecule has 0 radical (unpaired) electrons. The first-order valence-electron chi connectivity index (χ1n) is 5.69. The van der Waals surface area contributed by atoms with E-state index in [0.717, 1.165) is 17.1 Å². The van der Waals surface area contributed by atoms with Crippen LogP contribution in [0.1, 0.15) is 25.8 Å². The zero-order valence-corrected chi connectivity index (χ0v) is 11.4. The molecular weight excluding hydrogens is 258 g/mol. The number of nitrogen functional groups attached to an aromatic ring is 1. The summed E-state index contributed by atoms with van der Waals surface area (Å²) in [5, 5.41) is 4.22. The standard InChI is InChI=1S/C10H17N3O2S2/c1-2-4-16-9-6-12-13(10(9)11)8-3-5-17(14,15)7-8/h6,8H,2-5,7,11H2,1H3. The van der Waals surface area contributed by atoms with Gasteiger partial charge >= 0.3 is 0 Å². The Morgan fingerprint density at radius 1 is 1.65 bits per heavy atom. The van der Waals surface area contributed by atoms with Crippen LogP contribution in [0.3, 0.4) is 0 Å². The first kappa shape index (κ1) is 12.8. The van der Waals surface area contributed by atoms with E-state index in [-0.39, 0.29) is 17.5 Å². The van der Waals surface area contributed by atoms with Crippen LogP contribution >= 0.6 is 11.8 Å². The molecule has 0 saturated carbocycles. The maximum absolute atomic E-state index is 11.4. The van der Waals surface area contributed by atoms with E-state index in [0.29, 0.717) is 12.2 Å². The zero-order chi connectivity index (χ0) is 12.5. The Morgan fingerprint density at radius 3 is 3.00 bits per heavy atom. The summed E-state index contributed by atoms with van der Waals surface area (Å²) >= 11 is 1.67. The van der Waals surface area contributed by atoms with Crippen LogP contribution in [0, 0.1) is 0 Å². The second-order valence-electron chi connectivity index (χ2n) is 4.24. The third-order valence-electron chi connectivity index (χ3n) is 2.81. The number of rotatable bonds is 4. The van der Waals surface area contributed by atoms with Crippen molar-refractivity contribution in [2.75, 3.05) is 23.0 Å². The summed E-state index contributed by atoms with van der Waals surface area (Å²) in [4.78, 5) is 0.955. The summed E-state index contributed by atoms with van der Waals surface area (Å²) in [6, 6.07) is -0.0871. The highest BCUT2D eigenvalue weighted by Crippen LogP contribution is 2.31. The molecule has 2 N–H and O–H groups in total. The second-order valence-corrected chi connectivity index (χ2v) is 7.61. The molecule has 0 aliphatic carbocycles. The van der Waals surface area contributed by atoms with Gasteiger partial charge in [0.15, 0.2) is 9.84 Å². The Hall–Kier alpha value is -0.690. The minimum absolute atomic E-state index is 0.0871. The monoisotopic (exact) mass is 275 g/mol. The first-order chi connectivity index (χ1) is 8.03. The summed E-state index contributed by atoms with van der Waals surface area (Å²) in [5.41, 5.74) is 6.00. The SMILES string of the molecule is CCCSc1cnn(C2CCS(=O)(=O)C2)c1N. The largest absolute Gasteiger partial charge is 0.383 e. The third-order valence-corrected chi connectivity index (χ3v) is 5.80. The van der Waals surface area contributed by atoms with E-state index in [9.17, 15) is 8.42 Å². The molecule has 0 bridgehead atoms. The summed E-state index contributed by atoms with van der Waals surface area (Å²) < 4.78 is 24.5. The van der Waals surface area contributed by atoms with Gasteiger partial charge in [0.25, 0.3) is 0 Å². The van der Waals surface area contributed by atoms with Crippen molar-refractivity contribution in [1.82, 2.24) is 9.78 Å². The fourth-order valence-corrected chi connectivity index (χ4v) is 4.42. The van der Waals surface area contributed by atoms with Crippen LogP contribution in [0.15, 0.2) is 11.1 Å². The van der Waals surface area contributed by atoms with Crippen LogP contribution in [0.2, 0.25) is 0 Å². The van der Waals surface area contributed by atoms with E-state index in [1.165, 1.54) is 0 Å². The minimum atomic E-state index is -2.89. The molecule has 2 rings (SSSR count). The summed E-state index contributed by atoms with van der Waals surface area (Å²) in [6.45, 7) is 2.11. The molecule has 1 aliphatic heterocycles. The summed E-state index contributed by atoms with van der Waals surface area (Å²) in [6.07, 6.45) is 3.43. The molecule has 5 nitrogen and oxygen atoms in total. The van der Waals surface area contributed by atoms with Crippen molar-refractivity contribution in [2.24, 2.45) is 0 Å². The molecule has 0 spiro atoms. The van der Waals surface area contributed by atoms with Gasteiger partial charge in [-0.15, -0.1) is 11.8 Å². The van der Waals surface area contributed by atoms with Gasteiger partial charge in [-0.05, 0) is 18.6 Å².